The Morgan fingerprint density at radius 2 is 1.36 bits per heavy atom. The largest absolute Gasteiger partial charge is 0.344 e. The van der Waals surface area contributed by atoms with E-state index in [2.05, 4.69) is 142 Å². The molecule has 1 aliphatic carbocycles. The summed E-state index contributed by atoms with van der Waals surface area (Å²) in [5.74, 6) is 2.55. The molecule has 7 aromatic rings. The summed E-state index contributed by atoms with van der Waals surface area (Å²) in [5.41, 5.74) is 8.98. The van der Waals surface area contributed by atoms with Crippen LogP contribution in [0.25, 0.3) is 27.6 Å². The third-order valence-corrected chi connectivity index (χ3v) is 10.0. The zero-order chi connectivity index (χ0) is 33.0. The molecule has 6 heteroatoms. The van der Waals surface area contributed by atoms with Gasteiger partial charge < -0.3 is 10.2 Å². The Bertz CT molecular complexity index is 2510. The van der Waals surface area contributed by atoms with Gasteiger partial charge in [-0.1, -0.05) is 133 Å². The molecule has 0 spiro atoms. The molecule has 50 heavy (non-hydrogen) atoms. The summed E-state index contributed by atoms with van der Waals surface area (Å²) in [6, 6.07) is 48.9. The number of para-hydroxylation sites is 2. The summed E-state index contributed by atoms with van der Waals surface area (Å²) in [6.07, 6.45) is 10.7. The van der Waals surface area contributed by atoms with Crippen molar-refractivity contribution in [1.82, 2.24) is 14.9 Å². The molecule has 1 N–H and O–H groups in total. The van der Waals surface area contributed by atoms with Gasteiger partial charge in [-0.15, -0.1) is 0 Å². The van der Waals surface area contributed by atoms with Crippen LogP contribution in [0.2, 0.25) is 0 Å². The standard InChI is InChI=1S/C44H32N6/c1-4-14-29(15-5-1)42-46-43(30-16-6-2-7-17-30)48-44(47-42)31-24-27-39(45-28-31)50-38-23-13-11-21-34(38)36-26-25-35-33-20-10-12-22-37(33)49(40(35)41(36)50)32-18-8-3-9-19-32/h1-28,33,37,42H,(H,46,47,48). The fourth-order valence-electron chi connectivity index (χ4n) is 7.76. The lowest BCUT2D eigenvalue weighted by Gasteiger charge is -2.29. The topological polar surface area (TPSA) is 57.8 Å². The molecule has 2 aromatic heterocycles. The average molecular weight is 645 g/mol. The van der Waals surface area contributed by atoms with Gasteiger partial charge in [0.2, 0.25) is 0 Å². The number of aliphatic imine (C=N–C) groups is 2. The van der Waals surface area contributed by atoms with Crippen molar-refractivity contribution in [3.8, 4) is 5.82 Å². The molecule has 3 aliphatic rings. The number of nitrogens with one attached hydrogen (secondary N) is 1. The van der Waals surface area contributed by atoms with Gasteiger partial charge in [0.25, 0.3) is 0 Å². The predicted octanol–water partition coefficient (Wildman–Crippen LogP) is 9.40. The molecule has 0 saturated heterocycles. The number of allylic oxidation sites excluding steroid dienone is 2. The number of pyridine rings is 1. The Morgan fingerprint density at radius 1 is 0.620 bits per heavy atom. The summed E-state index contributed by atoms with van der Waals surface area (Å²) in [5, 5.41) is 6.00. The molecule has 0 radical (unpaired) electrons. The molecule has 0 saturated carbocycles. The summed E-state index contributed by atoms with van der Waals surface area (Å²) >= 11 is 0. The normalized spacial score (nSPS) is 19.2. The van der Waals surface area contributed by atoms with Crippen LogP contribution in [-0.2, 0) is 0 Å². The molecular formula is C44H32N6. The van der Waals surface area contributed by atoms with Crippen LogP contribution in [0, 0.1) is 0 Å². The highest BCUT2D eigenvalue weighted by Gasteiger charge is 2.40. The van der Waals surface area contributed by atoms with Crippen molar-refractivity contribution in [3.05, 3.63) is 192 Å². The molecule has 3 unspecified atom stereocenters. The third kappa shape index (κ3) is 4.53. The highest BCUT2D eigenvalue weighted by atomic mass is 15.2. The van der Waals surface area contributed by atoms with E-state index in [1.54, 1.807) is 0 Å². The van der Waals surface area contributed by atoms with Crippen molar-refractivity contribution >= 4 is 44.9 Å². The Balaban J connectivity index is 1.13. The minimum atomic E-state index is -0.269. The Kier molecular flexibility index (Phi) is 6.59. The van der Waals surface area contributed by atoms with Crippen LogP contribution < -0.4 is 10.2 Å². The lowest BCUT2D eigenvalue weighted by molar-refractivity contribution is 0.674. The zero-order valence-corrected chi connectivity index (χ0v) is 27.1. The number of amidine groups is 2. The second-order valence-electron chi connectivity index (χ2n) is 12.9. The number of nitrogens with zero attached hydrogens (tertiary/aromatic N) is 5. The third-order valence-electron chi connectivity index (χ3n) is 10.0. The SMILES string of the molecule is C1=CC2c3ccc4c5ccccc5n(-c5ccc(C6=NC(c7ccccc7)=NC(c7ccccc7)N6)cn5)c4c3N(c3ccccc3)C2C=C1. The van der Waals surface area contributed by atoms with Gasteiger partial charge in [-0.2, -0.15) is 0 Å². The number of rotatable bonds is 5. The van der Waals surface area contributed by atoms with Crippen molar-refractivity contribution in [1.29, 1.82) is 0 Å². The Hall–Kier alpha value is -6.53. The first-order valence-corrected chi connectivity index (χ1v) is 17.1. The minimum Gasteiger partial charge on any atom is -0.344 e. The summed E-state index contributed by atoms with van der Waals surface area (Å²) in [4.78, 5) is 17.7. The fourth-order valence-corrected chi connectivity index (χ4v) is 7.76. The average Bonchev–Trinajstić information content (AvgIpc) is 3.72. The molecule has 238 valence electrons. The maximum Gasteiger partial charge on any atom is 0.159 e. The zero-order valence-electron chi connectivity index (χ0n) is 27.1. The van der Waals surface area contributed by atoms with Gasteiger partial charge in [0, 0.05) is 39.7 Å². The van der Waals surface area contributed by atoms with E-state index >= 15 is 0 Å². The van der Waals surface area contributed by atoms with Crippen LogP contribution in [0.4, 0.5) is 11.4 Å². The summed E-state index contributed by atoms with van der Waals surface area (Å²) < 4.78 is 2.34. The number of benzene rings is 5. The maximum atomic E-state index is 5.16. The van der Waals surface area contributed by atoms with E-state index in [-0.39, 0.29) is 18.1 Å². The molecule has 6 nitrogen and oxygen atoms in total. The van der Waals surface area contributed by atoms with Gasteiger partial charge in [0.1, 0.15) is 17.8 Å². The van der Waals surface area contributed by atoms with Crippen LogP contribution in [0.5, 0.6) is 0 Å². The first kappa shape index (κ1) is 28.5. The second-order valence-corrected chi connectivity index (χ2v) is 12.9. The van der Waals surface area contributed by atoms with Gasteiger partial charge in [-0.25, -0.2) is 15.0 Å². The molecular weight excluding hydrogens is 613 g/mol. The monoisotopic (exact) mass is 644 g/mol. The second kappa shape index (κ2) is 11.6. The Labute approximate surface area is 290 Å². The lowest BCUT2D eigenvalue weighted by Crippen LogP contribution is -2.33. The van der Waals surface area contributed by atoms with Gasteiger partial charge in [0.15, 0.2) is 5.84 Å². The maximum absolute atomic E-state index is 5.16. The minimum absolute atomic E-state index is 0.193. The van der Waals surface area contributed by atoms with Crippen LogP contribution in [-0.4, -0.2) is 27.3 Å². The Morgan fingerprint density at radius 3 is 2.16 bits per heavy atom. The van der Waals surface area contributed by atoms with Crippen molar-refractivity contribution in [2.45, 2.75) is 18.1 Å². The van der Waals surface area contributed by atoms with E-state index in [9.17, 15) is 0 Å². The van der Waals surface area contributed by atoms with Crippen molar-refractivity contribution in [2.75, 3.05) is 4.90 Å². The molecule has 5 aromatic carbocycles. The molecule has 2 aliphatic heterocycles. The van der Waals surface area contributed by atoms with Crippen LogP contribution in [0.1, 0.15) is 34.3 Å². The van der Waals surface area contributed by atoms with Gasteiger partial charge in [-0.3, -0.25) is 4.57 Å². The number of hydrogen-bond acceptors (Lipinski definition) is 5. The number of aromatic nitrogens is 2. The van der Waals surface area contributed by atoms with Crippen LogP contribution in [0.15, 0.2) is 180 Å². The molecule has 0 amide bonds. The van der Waals surface area contributed by atoms with E-state index < -0.39 is 0 Å². The number of fused-ring (bicyclic) bond motifs is 7. The van der Waals surface area contributed by atoms with E-state index in [1.165, 1.54) is 33.2 Å². The van der Waals surface area contributed by atoms with Gasteiger partial charge >= 0.3 is 0 Å². The molecule has 10 rings (SSSR count). The summed E-state index contributed by atoms with van der Waals surface area (Å²) in [7, 11) is 0. The van der Waals surface area contributed by atoms with Gasteiger partial charge in [-0.05, 0) is 41.5 Å². The fraction of sp³-hybridized carbons (Fsp3) is 0.0682. The van der Waals surface area contributed by atoms with E-state index in [0.29, 0.717) is 5.84 Å². The van der Waals surface area contributed by atoms with Crippen molar-refractivity contribution < 1.29 is 0 Å². The van der Waals surface area contributed by atoms with Crippen molar-refractivity contribution in [2.24, 2.45) is 9.98 Å². The highest BCUT2D eigenvalue weighted by molar-refractivity contribution is 6.15. The van der Waals surface area contributed by atoms with Crippen LogP contribution in [0.3, 0.4) is 0 Å². The molecule has 3 atom stereocenters. The van der Waals surface area contributed by atoms with Crippen molar-refractivity contribution in [3.63, 3.8) is 0 Å². The lowest BCUT2D eigenvalue weighted by atomic mass is 9.91. The van der Waals surface area contributed by atoms with E-state index in [0.717, 1.165) is 33.9 Å². The van der Waals surface area contributed by atoms with E-state index in [1.807, 2.05) is 42.6 Å². The first-order chi connectivity index (χ1) is 24.8. The molecule has 0 bridgehead atoms. The first-order valence-electron chi connectivity index (χ1n) is 17.1. The van der Waals surface area contributed by atoms with Crippen LogP contribution >= 0.6 is 0 Å². The highest BCUT2D eigenvalue weighted by Crippen LogP contribution is 2.52. The quantitative estimate of drug-likeness (QED) is 0.203. The summed E-state index contributed by atoms with van der Waals surface area (Å²) in [6.45, 7) is 0. The van der Waals surface area contributed by atoms with Gasteiger partial charge in [0.05, 0.1) is 22.8 Å². The predicted molar refractivity (Wildman–Crippen MR) is 204 cm³/mol. The molecule has 4 heterocycles. The van der Waals surface area contributed by atoms with E-state index in [4.69, 9.17) is 15.0 Å². The number of anilines is 2. The smallest absolute Gasteiger partial charge is 0.159 e. The number of hydrogen-bond donors (Lipinski definition) is 1. The molecule has 0 fully saturated rings.